The van der Waals surface area contributed by atoms with Crippen molar-refractivity contribution in [1.82, 2.24) is 34.0 Å². The van der Waals surface area contributed by atoms with Gasteiger partial charge in [-0.1, -0.05) is 96.8 Å². The minimum atomic E-state index is -4.74. The number of carbonyl (C=O) groups excluding carboxylic acids is 1. The molecule has 2 saturated heterocycles. The summed E-state index contributed by atoms with van der Waals surface area (Å²) >= 11 is 0. The van der Waals surface area contributed by atoms with Crippen molar-refractivity contribution < 1.29 is 47.0 Å². The SMILES string of the molecule is CCCCCCCCCCCCCCCCCN(C[C@H]1O[C@@H](n2cnc3c(=O)[nH]c(N)nc32)C(OC)C1OP(=O)(O)OC(C)C)C(=O)CC1C(OC)[C@H](n2ccc(N)nc2=O)O[C@@H]1COC(C)C. The molecule has 0 bridgehead atoms. The van der Waals surface area contributed by atoms with E-state index in [0.29, 0.717) is 13.0 Å². The van der Waals surface area contributed by atoms with Gasteiger partial charge in [-0.25, -0.2) is 14.3 Å². The Morgan fingerprint density at radius 1 is 0.838 bits per heavy atom. The molecular weight excluding hydrogens is 902 g/mol. The van der Waals surface area contributed by atoms with E-state index in [2.05, 4.69) is 26.9 Å². The normalized spacial score (nSPS) is 23.9. The van der Waals surface area contributed by atoms with Crippen LogP contribution in [0.2, 0.25) is 0 Å². The van der Waals surface area contributed by atoms with Gasteiger partial charge in [0.1, 0.15) is 30.2 Å². The first-order valence-corrected chi connectivity index (χ1v) is 26.1. The predicted octanol–water partition coefficient (Wildman–Crippen LogP) is 6.41. The van der Waals surface area contributed by atoms with Gasteiger partial charge in [0.05, 0.1) is 31.2 Å². The Morgan fingerprint density at radius 3 is 2.00 bits per heavy atom. The summed E-state index contributed by atoms with van der Waals surface area (Å²) in [7, 11) is -1.86. The smallest absolute Gasteiger partial charge is 0.383 e. The predicted molar refractivity (Wildman–Crippen MR) is 257 cm³/mol. The van der Waals surface area contributed by atoms with E-state index in [-0.39, 0.29) is 54.5 Å². The maximum absolute atomic E-state index is 15.0. The molecule has 0 radical (unpaired) electrons. The molecule has 2 aliphatic heterocycles. The Morgan fingerprint density at radius 2 is 1.43 bits per heavy atom. The van der Waals surface area contributed by atoms with E-state index < -0.39 is 74.1 Å². The molecule has 2 aliphatic rings. The highest BCUT2D eigenvalue weighted by molar-refractivity contribution is 7.47. The van der Waals surface area contributed by atoms with Gasteiger partial charge in [-0.15, -0.1) is 0 Å². The number of imidazole rings is 1. The fourth-order valence-electron chi connectivity index (χ4n) is 9.18. The Balaban J connectivity index is 1.38. The van der Waals surface area contributed by atoms with Crippen LogP contribution in [-0.2, 0) is 42.1 Å². The topological polar surface area (TPSA) is 273 Å². The molecule has 2 fully saturated rings. The Bertz CT molecular complexity index is 2170. The van der Waals surface area contributed by atoms with Crippen molar-refractivity contribution in [2.45, 2.75) is 193 Å². The number of H-pyrrole nitrogens is 1. The number of phosphoric ester groups is 1. The van der Waals surface area contributed by atoms with Crippen LogP contribution in [0, 0.1) is 5.92 Å². The number of carbonyl (C=O) groups is 1. The van der Waals surface area contributed by atoms with Gasteiger partial charge in [0.25, 0.3) is 5.56 Å². The molecule has 0 saturated carbocycles. The second-order valence-corrected chi connectivity index (χ2v) is 19.9. The molecule has 9 atom stereocenters. The lowest BCUT2D eigenvalue weighted by molar-refractivity contribution is -0.137. The van der Waals surface area contributed by atoms with Crippen LogP contribution >= 0.6 is 7.82 Å². The molecule has 3 aromatic rings. The molecule has 3 aromatic heterocycles. The van der Waals surface area contributed by atoms with Gasteiger partial charge < -0.3 is 44.9 Å². The van der Waals surface area contributed by atoms with Crippen molar-refractivity contribution in [1.29, 1.82) is 0 Å². The van der Waals surface area contributed by atoms with E-state index >= 15 is 0 Å². The van der Waals surface area contributed by atoms with Crippen molar-refractivity contribution in [3.63, 3.8) is 0 Å². The van der Waals surface area contributed by atoms with Crippen molar-refractivity contribution in [2.75, 3.05) is 45.4 Å². The number of nitrogens with zero attached hydrogens (tertiary/aromatic N) is 6. The number of aromatic nitrogens is 6. The van der Waals surface area contributed by atoms with Crippen molar-refractivity contribution in [3.05, 3.63) is 39.4 Å². The van der Waals surface area contributed by atoms with Crippen LogP contribution in [0.5, 0.6) is 0 Å². The van der Waals surface area contributed by atoms with Crippen LogP contribution in [0.3, 0.4) is 0 Å². The third kappa shape index (κ3) is 15.6. The Labute approximate surface area is 399 Å². The summed E-state index contributed by atoms with van der Waals surface area (Å²) in [6.45, 7) is 9.54. The molecule has 5 rings (SSSR count). The molecule has 384 valence electrons. The Kier molecular flexibility index (Phi) is 21.9. The summed E-state index contributed by atoms with van der Waals surface area (Å²) < 4.78 is 58.5. The average Bonchev–Trinajstić information content (AvgIpc) is 3.95. The summed E-state index contributed by atoms with van der Waals surface area (Å²) in [5.41, 5.74) is 10.6. The van der Waals surface area contributed by atoms with E-state index in [1.54, 1.807) is 18.7 Å². The highest BCUT2D eigenvalue weighted by Crippen LogP contribution is 2.50. The summed E-state index contributed by atoms with van der Waals surface area (Å²) in [6, 6.07) is 1.49. The number of fused-ring (bicyclic) bond motifs is 1. The van der Waals surface area contributed by atoms with E-state index in [1.807, 2.05) is 13.8 Å². The zero-order chi connectivity index (χ0) is 49.4. The molecular formula is C46H78N9O12P. The minimum absolute atomic E-state index is 0.0164. The van der Waals surface area contributed by atoms with Crippen molar-refractivity contribution >= 4 is 36.7 Å². The Hall–Kier alpha value is -3.79. The van der Waals surface area contributed by atoms with Crippen LogP contribution in [-0.4, -0.2) is 121 Å². The third-order valence-corrected chi connectivity index (χ3v) is 13.8. The van der Waals surface area contributed by atoms with Crippen LogP contribution in [0.4, 0.5) is 11.8 Å². The molecule has 0 aromatic carbocycles. The molecule has 0 aliphatic carbocycles. The lowest BCUT2D eigenvalue weighted by Crippen LogP contribution is -2.46. The summed E-state index contributed by atoms with van der Waals surface area (Å²) in [5.74, 6) is -0.988. The number of rotatable bonds is 31. The van der Waals surface area contributed by atoms with Gasteiger partial charge in [0, 0.05) is 45.8 Å². The number of amides is 1. The maximum atomic E-state index is 15.0. The van der Waals surface area contributed by atoms with E-state index in [4.69, 9.17) is 44.2 Å². The van der Waals surface area contributed by atoms with Gasteiger partial charge in [0.2, 0.25) is 11.9 Å². The molecule has 1 amide bonds. The van der Waals surface area contributed by atoms with Crippen LogP contribution in [0.1, 0.15) is 150 Å². The molecule has 0 spiro atoms. The van der Waals surface area contributed by atoms with Crippen molar-refractivity contribution in [3.8, 4) is 0 Å². The number of anilines is 2. The molecule has 21 nitrogen and oxygen atoms in total. The lowest BCUT2D eigenvalue weighted by Gasteiger charge is -2.31. The zero-order valence-corrected chi connectivity index (χ0v) is 42.1. The second-order valence-electron chi connectivity index (χ2n) is 18.6. The average molecular weight is 980 g/mol. The summed E-state index contributed by atoms with van der Waals surface area (Å²) in [6.07, 6.45) is 12.6. The highest BCUT2D eigenvalue weighted by Gasteiger charge is 2.52. The minimum Gasteiger partial charge on any atom is -0.383 e. The monoisotopic (exact) mass is 980 g/mol. The maximum Gasteiger partial charge on any atom is 0.472 e. The fraction of sp³-hybridized carbons (Fsp3) is 0.783. The number of unbranched alkanes of at least 4 members (excludes halogenated alkanes) is 14. The van der Waals surface area contributed by atoms with Crippen LogP contribution < -0.4 is 22.7 Å². The van der Waals surface area contributed by atoms with E-state index in [0.717, 1.165) is 25.7 Å². The molecule has 6 N–H and O–H groups in total. The zero-order valence-electron chi connectivity index (χ0n) is 41.2. The summed E-state index contributed by atoms with van der Waals surface area (Å²) in [4.78, 5) is 68.3. The second kappa shape index (κ2) is 27.0. The van der Waals surface area contributed by atoms with Crippen molar-refractivity contribution in [2.24, 2.45) is 5.92 Å². The number of ether oxygens (including phenoxy) is 5. The largest absolute Gasteiger partial charge is 0.472 e. The quantitative estimate of drug-likeness (QED) is 0.0401. The van der Waals surface area contributed by atoms with E-state index in [9.17, 15) is 23.8 Å². The van der Waals surface area contributed by atoms with Gasteiger partial charge >= 0.3 is 13.5 Å². The highest BCUT2D eigenvalue weighted by atomic mass is 31.2. The molecule has 5 unspecified atom stereocenters. The van der Waals surface area contributed by atoms with Crippen LogP contribution in [0.15, 0.2) is 28.2 Å². The number of nitrogens with one attached hydrogen (secondary N) is 1. The third-order valence-electron chi connectivity index (χ3n) is 12.6. The standard InChI is InChI=1S/C46H78N9O12P/c1-8-9-10-11-12-13-14-15-16-17-18-19-20-21-22-24-53(36(56)26-32-34(28-63-30(2)3)65-43(38(32)61-6)54-25-23-35(47)50-46(54)58)27-33-39(67-68(59,60)66-31(4)5)40(62-7)44(64-33)55-29-49-37-41(55)51-45(48)52-42(37)57/h23,25,29-34,38-40,43-44H,8-22,24,26-28H2,1-7H3,(H,59,60)(H2,47,50,58)(H3,48,51,52,57)/t32?,33-,34-,38?,39?,40?,43-,44-/m1/s1. The van der Waals surface area contributed by atoms with Gasteiger partial charge in [0.15, 0.2) is 23.6 Å². The van der Waals surface area contributed by atoms with Gasteiger partial charge in [-0.05, 0) is 40.2 Å². The number of hydrogen-bond donors (Lipinski definition) is 4. The first kappa shape index (κ1) is 55.1. The molecule has 5 heterocycles. The number of hydrogen-bond acceptors (Lipinski definition) is 16. The van der Waals surface area contributed by atoms with E-state index in [1.165, 1.54) is 106 Å². The first-order chi connectivity index (χ1) is 32.6. The molecule has 22 heteroatoms. The van der Waals surface area contributed by atoms with Crippen LogP contribution in [0.25, 0.3) is 11.2 Å². The van der Waals surface area contributed by atoms with Gasteiger partial charge in [-0.2, -0.15) is 9.97 Å². The number of aromatic amines is 1. The number of nitrogens with two attached hydrogens (primary N) is 2. The molecule has 68 heavy (non-hydrogen) atoms. The lowest BCUT2D eigenvalue weighted by atomic mass is 9.93. The summed E-state index contributed by atoms with van der Waals surface area (Å²) in [5, 5.41) is 0. The van der Waals surface area contributed by atoms with Gasteiger partial charge in [-0.3, -0.25) is 32.8 Å². The fourth-order valence-corrected chi connectivity index (χ4v) is 10.3. The first-order valence-electron chi connectivity index (χ1n) is 24.6. The number of nitrogen functional groups attached to an aromatic ring is 2. The number of phosphoric acid groups is 1. The number of methoxy groups -OCH3 is 2.